The van der Waals surface area contributed by atoms with Crippen molar-refractivity contribution in [3.63, 3.8) is 0 Å². The summed E-state index contributed by atoms with van der Waals surface area (Å²) in [6.45, 7) is 10.1. The summed E-state index contributed by atoms with van der Waals surface area (Å²) in [5, 5.41) is 7.32. The minimum absolute atomic E-state index is 0.0713. The molecule has 4 rings (SSSR count). The molecule has 1 aliphatic heterocycles. The van der Waals surface area contributed by atoms with Gasteiger partial charge in [0.15, 0.2) is 0 Å². The van der Waals surface area contributed by atoms with E-state index in [4.69, 9.17) is 4.42 Å². The van der Waals surface area contributed by atoms with Crippen molar-refractivity contribution in [1.29, 1.82) is 0 Å². The summed E-state index contributed by atoms with van der Waals surface area (Å²) in [6, 6.07) is 5.23. The van der Waals surface area contributed by atoms with Crippen molar-refractivity contribution < 1.29 is 14.0 Å². The lowest BCUT2D eigenvalue weighted by atomic mass is 9.93. The number of amides is 2. The maximum absolute atomic E-state index is 13.2. The van der Waals surface area contributed by atoms with Gasteiger partial charge >= 0.3 is 0 Å². The molecule has 0 aliphatic carbocycles. The summed E-state index contributed by atoms with van der Waals surface area (Å²) in [5.41, 5.74) is 1.17. The molecule has 9 heteroatoms. The Kier molecular flexibility index (Phi) is 4.99. The molecule has 1 N–H and O–H groups in total. The lowest BCUT2D eigenvalue weighted by Crippen LogP contribution is -2.33. The van der Waals surface area contributed by atoms with E-state index in [0.29, 0.717) is 22.7 Å². The van der Waals surface area contributed by atoms with Crippen LogP contribution in [-0.2, 0) is 29.8 Å². The zero-order valence-electron chi connectivity index (χ0n) is 18.4. The maximum atomic E-state index is 13.2. The maximum Gasteiger partial charge on any atom is 0.280 e. The second-order valence-electron chi connectivity index (χ2n) is 9.15. The lowest BCUT2D eigenvalue weighted by molar-refractivity contribution is -0.121. The Bertz CT molecular complexity index is 1210. The van der Waals surface area contributed by atoms with Crippen LogP contribution in [0.5, 0.6) is 0 Å². The average molecular weight is 425 g/mol. The third-order valence-electron chi connectivity index (χ3n) is 5.50. The van der Waals surface area contributed by atoms with E-state index in [0.717, 1.165) is 0 Å². The van der Waals surface area contributed by atoms with Crippen LogP contribution in [-0.4, -0.2) is 36.9 Å². The number of fused-ring (bicyclic) bond motifs is 2. The summed E-state index contributed by atoms with van der Waals surface area (Å²) in [5.74, 6) is 0.0884. The first-order chi connectivity index (χ1) is 14.6. The van der Waals surface area contributed by atoms with Crippen molar-refractivity contribution in [3.05, 3.63) is 57.5 Å². The Labute approximate surface area is 179 Å². The van der Waals surface area contributed by atoms with E-state index in [1.54, 1.807) is 33.9 Å². The predicted octanol–water partition coefficient (Wildman–Crippen LogP) is 2.07. The second-order valence-corrected chi connectivity index (χ2v) is 9.15. The van der Waals surface area contributed by atoms with Gasteiger partial charge in [-0.15, -0.1) is 0 Å². The molecule has 0 saturated heterocycles. The molecule has 3 aromatic heterocycles. The molecule has 0 radical (unpaired) electrons. The number of aromatic nitrogens is 3. The van der Waals surface area contributed by atoms with Crippen LogP contribution in [0.25, 0.3) is 5.65 Å². The van der Waals surface area contributed by atoms with E-state index in [1.165, 1.54) is 4.52 Å². The highest BCUT2D eigenvalue weighted by atomic mass is 16.3. The Balaban J connectivity index is 1.80. The number of hydrogen-bond acceptors (Lipinski definition) is 5. The topological polar surface area (TPSA) is 102 Å². The molecule has 0 bridgehead atoms. The first-order valence-electron chi connectivity index (χ1n) is 10.3. The standard InChI is InChI=1S/C22H27N5O4/c1-13(2)25-11-15-19(21(25)30)26(12-17(28)23-10-14-7-6-8-31-14)18-9-16(22(3,4)5)24-27(18)20(15)29/h6-9,13H,10-12H2,1-5H3,(H,23,28). The molecule has 3 aromatic rings. The largest absolute Gasteiger partial charge is 0.467 e. The summed E-state index contributed by atoms with van der Waals surface area (Å²) in [7, 11) is 0. The molecule has 0 saturated carbocycles. The van der Waals surface area contributed by atoms with Gasteiger partial charge in [-0.25, -0.2) is 0 Å². The summed E-state index contributed by atoms with van der Waals surface area (Å²) in [4.78, 5) is 40.8. The Morgan fingerprint density at radius 3 is 2.65 bits per heavy atom. The number of carbonyl (C=O) groups excluding carboxylic acids is 2. The molecule has 2 amide bonds. The molecule has 1 aliphatic rings. The van der Waals surface area contributed by atoms with Gasteiger partial charge in [-0.05, 0) is 26.0 Å². The molecular formula is C22H27N5O4. The van der Waals surface area contributed by atoms with E-state index in [1.807, 2.05) is 34.6 Å². The van der Waals surface area contributed by atoms with Gasteiger partial charge in [-0.1, -0.05) is 20.8 Å². The summed E-state index contributed by atoms with van der Waals surface area (Å²) >= 11 is 0. The average Bonchev–Trinajstić information content (AvgIpc) is 3.41. The van der Waals surface area contributed by atoms with Crippen molar-refractivity contribution in [3.8, 4) is 0 Å². The second kappa shape index (κ2) is 7.40. The Hall–Kier alpha value is -3.36. The Morgan fingerprint density at radius 2 is 2.03 bits per heavy atom. The molecule has 164 valence electrons. The van der Waals surface area contributed by atoms with Crippen LogP contribution in [0.1, 0.15) is 62.1 Å². The fraction of sp³-hybridized carbons (Fsp3) is 0.455. The van der Waals surface area contributed by atoms with Crippen molar-refractivity contribution in [2.24, 2.45) is 0 Å². The van der Waals surface area contributed by atoms with Crippen LogP contribution in [0, 0.1) is 0 Å². The van der Waals surface area contributed by atoms with E-state index in [2.05, 4.69) is 10.4 Å². The van der Waals surface area contributed by atoms with Crippen LogP contribution in [0.2, 0.25) is 0 Å². The van der Waals surface area contributed by atoms with Gasteiger partial charge in [0.25, 0.3) is 11.5 Å². The summed E-state index contributed by atoms with van der Waals surface area (Å²) in [6.07, 6.45) is 1.54. The number of furan rings is 1. The normalized spacial score (nSPS) is 14.0. The lowest BCUT2D eigenvalue weighted by Gasteiger charge is -2.20. The molecule has 31 heavy (non-hydrogen) atoms. The number of nitrogens with zero attached hydrogens (tertiary/aromatic N) is 4. The number of hydrogen-bond donors (Lipinski definition) is 1. The zero-order chi connectivity index (χ0) is 22.5. The third kappa shape index (κ3) is 3.64. The van der Waals surface area contributed by atoms with Crippen molar-refractivity contribution >= 4 is 17.5 Å². The number of carbonyl (C=O) groups is 2. The van der Waals surface area contributed by atoms with Gasteiger partial charge in [0.2, 0.25) is 5.91 Å². The minimum Gasteiger partial charge on any atom is -0.467 e. The first-order valence-corrected chi connectivity index (χ1v) is 10.3. The van der Waals surface area contributed by atoms with Crippen molar-refractivity contribution in [1.82, 2.24) is 24.4 Å². The SMILES string of the molecule is CC(C)N1Cc2c(n(CC(=O)NCc3ccco3)c3cc(C(C)(C)C)nn3c2=O)C1=O. The van der Waals surface area contributed by atoms with Crippen molar-refractivity contribution in [2.45, 2.75) is 65.7 Å². The van der Waals surface area contributed by atoms with Crippen LogP contribution < -0.4 is 10.9 Å². The molecule has 0 spiro atoms. The molecular weight excluding hydrogens is 398 g/mol. The first kappa shape index (κ1) is 20.9. The molecule has 9 nitrogen and oxygen atoms in total. The van der Waals surface area contributed by atoms with Crippen LogP contribution in [0.15, 0.2) is 33.7 Å². The molecule has 0 atom stereocenters. The fourth-order valence-corrected chi connectivity index (χ4v) is 3.73. The molecule has 0 unspecified atom stereocenters. The zero-order valence-corrected chi connectivity index (χ0v) is 18.4. The smallest absolute Gasteiger partial charge is 0.280 e. The van der Waals surface area contributed by atoms with Crippen LogP contribution in [0.4, 0.5) is 0 Å². The van der Waals surface area contributed by atoms with Crippen LogP contribution in [0.3, 0.4) is 0 Å². The van der Waals surface area contributed by atoms with Crippen molar-refractivity contribution in [2.75, 3.05) is 0 Å². The minimum atomic E-state index is -0.316. The quantitative estimate of drug-likeness (QED) is 0.674. The van der Waals surface area contributed by atoms with E-state index >= 15 is 0 Å². The monoisotopic (exact) mass is 425 g/mol. The van der Waals surface area contributed by atoms with E-state index in [-0.39, 0.29) is 54.2 Å². The van der Waals surface area contributed by atoms with Gasteiger partial charge in [0.1, 0.15) is 23.6 Å². The highest BCUT2D eigenvalue weighted by Crippen LogP contribution is 2.27. The fourth-order valence-electron chi connectivity index (χ4n) is 3.73. The van der Waals surface area contributed by atoms with E-state index in [9.17, 15) is 14.4 Å². The number of nitrogens with one attached hydrogen (secondary N) is 1. The highest BCUT2D eigenvalue weighted by Gasteiger charge is 2.36. The summed E-state index contributed by atoms with van der Waals surface area (Å²) < 4.78 is 8.18. The van der Waals surface area contributed by atoms with Gasteiger partial charge in [0, 0.05) is 17.5 Å². The molecule has 4 heterocycles. The van der Waals surface area contributed by atoms with Crippen LogP contribution >= 0.6 is 0 Å². The van der Waals surface area contributed by atoms with E-state index < -0.39 is 0 Å². The molecule has 0 fully saturated rings. The van der Waals surface area contributed by atoms with Gasteiger partial charge < -0.3 is 19.2 Å². The third-order valence-corrected chi connectivity index (χ3v) is 5.50. The highest BCUT2D eigenvalue weighted by molar-refractivity contribution is 5.98. The van der Waals surface area contributed by atoms with Gasteiger partial charge in [-0.3, -0.25) is 14.4 Å². The number of rotatable bonds is 5. The predicted molar refractivity (Wildman–Crippen MR) is 114 cm³/mol. The van der Waals surface area contributed by atoms with Gasteiger partial charge in [0.05, 0.1) is 30.6 Å². The van der Waals surface area contributed by atoms with Gasteiger partial charge in [-0.2, -0.15) is 9.61 Å². The Morgan fingerprint density at radius 1 is 1.29 bits per heavy atom. The molecule has 0 aromatic carbocycles.